The average molecular weight is 294 g/mol. The minimum Gasteiger partial charge on any atom is -0.361 e. The number of H-pyrrole nitrogens is 1. The highest BCUT2D eigenvalue weighted by molar-refractivity contribution is 5.83. The molecule has 1 N–H and O–H groups in total. The molecule has 1 fully saturated rings. The van der Waals surface area contributed by atoms with Crippen LogP contribution in [0.25, 0.3) is 10.9 Å². The normalized spacial score (nSPS) is 24.7. The van der Waals surface area contributed by atoms with E-state index in [0.29, 0.717) is 17.7 Å². The number of hydrogen-bond donors (Lipinski definition) is 1. The third-order valence-corrected chi connectivity index (χ3v) is 5.28. The SMILES string of the molecule is O=C1C[C@@H]2CC=CC[C@@H]2CN1CCc1c[nH]c2ccccc12. The minimum absolute atomic E-state index is 0.344. The molecule has 0 saturated carbocycles. The molecule has 2 heterocycles. The summed E-state index contributed by atoms with van der Waals surface area (Å²) in [4.78, 5) is 17.8. The molecule has 0 bridgehead atoms. The van der Waals surface area contributed by atoms with Crippen molar-refractivity contribution in [1.82, 2.24) is 9.88 Å². The number of para-hydroxylation sites is 1. The van der Waals surface area contributed by atoms with E-state index in [1.807, 2.05) is 6.07 Å². The first-order valence-corrected chi connectivity index (χ1v) is 8.29. The van der Waals surface area contributed by atoms with E-state index in [9.17, 15) is 4.79 Å². The first-order valence-electron chi connectivity index (χ1n) is 8.29. The van der Waals surface area contributed by atoms with Crippen LogP contribution in [-0.2, 0) is 11.2 Å². The van der Waals surface area contributed by atoms with Gasteiger partial charge in [0.1, 0.15) is 0 Å². The van der Waals surface area contributed by atoms with Crippen molar-refractivity contribution in [3.63, 3.8) is 0 Å². The Morgan fingerprint density at radius 2 is 1.95 bits per heavy atom. The number of aromatic nitrogens is 1. The van der Waals surface area contributed by atoms with Gasteiger partial charge in [-0.1, -0.05) is 30.4 Å². The lowest BCUT2D eigenvalue weighted by molar-refractivity contribution is -0.137. The van der Waals surface area contributed by atoms with Crippen molar-refractivity contribution in [2.24, 2.45) is 11.8 Å². The summed E-state index contributed by atoms with van der Waals surface area (Å²) in [5, 5.41) is 1.28. The number of piperidine rings is 1. The van der Waals surface area contributed by atoms with Gasteiger partial charge in [0.2, 0.25) is 5.91 Å². The summed E-state index contributed by atoms with van der Waals surface area (Å²) in [5.41, 5.74) is 2.49. The summed E-state index contributed by atoms with van der Waals surface area (Å²) in [6.07, 6.45) is 10.5. The second-order valence-corrected chi connectivity index (χ2v) is 6.62. The highest BCUT2D eigenvalue weighted by Crippen LogP contribution is 2.33. The molecule has 0 radical (unpaired) electrons. The molecule has 1 aromatic carbocycles. The van der Waals surface area contributed by atoms with Gasteiger partial charge in [0.15, 0.2) is 0 Å². The molecule has 1 aliphatic carbocycles. The van der Waals surface area contributed by atoms with Crippen molar-refractivity contribution in [3.05, 3.63) is 48.2 Å². The Bertz CT molecular complexity index is 715. The number of hydrogen-bond acceptors (Lipinski definition) is 1. The molecule has 114 valence electrons. The topological polar surface area (TPSA) is 36.1 Å². The fraction of sp³-hybridized carbons (Fsp3) is 0.421. The Morgan fingerprint density at radius 1 is 1.14 bits per heavy atom. The quantitative estimate of drug-likeness (QED) is 0.864. The summed E-state index contributed by atoms with van der Waals surface area (Å²) in [7, 11) is 0. The molecule has 0 spiro atoms. The van der Waals surface area contributed by atoms with Crippen molar-refractivity contribution >= 4 is 16.8 Å². The van der Waals surface area contributed by atoms with E-state index in [2.05, 4.69) is 46.4 Å². The van der Waals surface area contributed by atoms with Crippen LogP contribution in [-0.4, -0.2) is 28.9 Å². The van der Waals surface area contributed by atoms with Gasteiger partial charge in [-0.2, -0.15) is 0 Å². The van der Waals surface area contributed by atoms with Crippen LogP contribution in [0.3, 0.4) is 0 Å². The number of amides is 1. The Kier molecular flexibility index (Phi) is 3.49. The molecule has 3 heteroatoms. The van der Waals surface area contributed by atoms with Gasteiger partial charge in [0.05, 0.1) is 0 Å². The Morgan fingerprint density at radius 3 is 2.86 bits per heavy atom. The summed E-state index contributed by atoms with van der Waals surface area (Å²) < 4.78 is 0. The third kappa shape index (κ3) is 2.45. The Balaban J connectivity index is 1.45. The van der Waals surface area contributed by atoms with Crippen LogP contribution in [0.4, 0.5) is 0 Å². The van der Waals surface area contributed by atoms with Crippen LogP contribution in [0.2, 0.25) is 0 Å². The van der Waals surface area contributed by atoms with Crippen LogP contribution in [0.15, 0.2) is 42.6 Å². The summed E-state index contributed by atoms with van der Waals surface area (Å²) in [6.45, 7) is 1.78. The third-order valence-electron chi connectivity index (χ3n) is 5.28. The van der Waals surface area contributed by atoms with Crippen LogP contribution < -0.4 is 0 Å². The molecular formula is C19H22N2O. The van der Waals surface area contributed by atoms with E-state index < -0.39 is 0 Å². The number of benzene rings is 1. The number of aromatic amines is 1. The summed E-state index contributed by atoms with van der Waals surface area (Å²) >= 11 is 0. The maximum absolute atomic E-state index is 12.4. The van der Waals surface area contributed by atoms with Crippen LogP contribution >= 0.6 is 0 Å². The van der Waals surface area contributed by atoms with Gasteiger partial charge in [-0.25, -0.2) is 0 Å². The van der Waals surface area contributed by atoms with Crippen LogP contribution in [0, 0.1) is 11.8 Å². The van der Waals surface area contributed by atoms with Gasteiger partial charge in [-0.3, -0.25) is 4.79 Å². The number of carbonyl (C=O) groups is 1. The predicted octanol–water partition coefficient (Wildman–Crippen LogP) is 3.53. The lowest BCUT2D eigenvalue weighted by Gasteiger charge is -2.39. The summed E-state index contributed by atoms with van der Waals surface area (Å²) in [5.74, 6) is 1.60. The van der Waals surface area contributed by atoms with Crippen LogP contribution in [0.5, 0.6) is 0 Å². The molecule has 1 aromatic heterocycles. The lowest BCUT2D eigenvalue weighted by Crippen LogP contribution is -2.45. The van der Waals surface area contributed by atoms with Crippen LogP contribution in [0.1, 0.15) is 24.8 Å². The number of allylic oxidation sites excluding steroid dienone is 2. The molecule has 3 nitrogen and oxygen atoms in total. The zero-order chi connectivity index (χ0) is 14.9. The van der Waals surface area contributed by atoms with E-state index in [-0.39, 0.29) is 0 Å². The zero-order valence-electron chi connectivity index (χ0n) is 12.8. The maximum atomic E-state index is 12.4. The van der Waals surface area contributed by atoms with Gasteiger partial charge in [0, 0.05) is 36.6 Å². The molecule has 2 aromatic rings. The van der Waals surface area contributed by atoms with Crippen molar-refractivity contribution in [2.75, 3.05) is 13.1 Å². The number of nitrogens with zero attached hydrogens (tertiary/aromatic N) is 1. The second-order valence-electron chi connectivity index (χ2n) is 6.62. The lowest BCUT2D eigenvalue weighted by atomic mass is 9.78. The molecule has 2 atom stereocenters. The molecule has 22 heavy (non-hydrogen) atoms. The highest BCUT2D eigenvalue weighted by Gasteiger charge is 2.33. The second kappa shape index (κ2) is 5.64. The fourth-order valence-electron chi connectivity index (χ4n) is 3.95. The first kappa shape index (κ1) is 13.6. The van der Waals surface area contributed by atoms with E-state index in [1.165, 1.54) is 16.5 Å². The van der Waals surface area contributed by atoms with E-state index in [1.54, 1.807) is 0 Å². The van der Waals surface area contributed by atoms with E-state index in [4.69, 9.17) is 0 Å². The zero-order valence-corrected chi connectivity index (χ0v) is 12.8. The highest BCUT2D eigenvalue weighted by atomic mass is 16.2. The molecule has 2 aliphatic rings. The van der Waals surface area contributed by atoms with Crippen molar-refractivity contribution in [1.29, 1.82) is 0 Å². The number of nitrogens with one attached hydrogen (secondary N) is 1. The van der Waals surface area contributed by atoms with E-state index in [0.717, 1.165) is 38.8 Å². The standard InChI is InChI=1S/C19H22N2O/c22-19-11-14-5-1-2-6-16(14)13-21(19)10-9-15-12-20-18-8-4-3-7-17(15)18/h1-4,7-8,12,14,16,20H,5-6,9-11,13H2/t14-,16+/m0/s1. The Hall–Kier alpha value is -2.03. The number of likely N-dealkylation sites (tertiary alicyclic amines) is 1. The smallest absolute Gasteiger partial charge is 0.222 e. The molecule has 1 saturated heterocycles. The number of fused-ring (bicyclic) bond motifs is 2. The fourth-order valence-corrected chi connectivity index (χ4v) is 3.95. The average Bonchev–Trinajstić information content (AvgIpc) is 2.96. The number of rotatable bonds is 3. The summed E-state index contributed by atoms with van der Waals surface area (Å²) in [6, 6.07) is 8.38. The van der Waals surface area contributed by atoms with Crippen molar-refractivity contribution in [2.45, 2.75) is 25.7 Å². The monoisotopic (exact) mass is 294 g/mol. The molecule has 1 amide bonds. The maximum Gasteiger partial charge on any atom is 0.222 e. The molecule has 1 aliphatic heterocycles. The van der Waals surface area contributed by atoms with Gasteiger partial charge in [0.25, 0.3) is 0 Å². The predicted molar refractivity (Wildman–Crippen MR) is 88.6 cm³/mol. The van der Waals surface area contributed by atoms with Gasteiger partial charge >= 0.3 is 0 Å². The van der Waals surface area contributed by atoms with Crippen molar-refractivity contribution < 1.29 is 4.79 Å². The van der Waals surface area contributed by atoms with Gasteiger partial charge < -0.3 is 9.88 Å². The molecular weight excluding hydrogens is 272 g/mol. The molecule has 0 unspecified atom stereocenters. The molecule has 4 rings (SSSR count). The van der Waals surface area contributed by atoms with E-state index >= 15 is 0 Å². The minimum atomic E-state index is 0.344. The number of carbonyl (C=O) groups excluding carboxylic acids is 1. The van der Waals surface area contributed by atoms with Gasteiger partial charge in [-0.05, 0) is 42.7 Å². The first-order chi connectivity index (χ1) is 10.8. The van der Waals surface area contributed by atoms with Crippen molar-refractivity contribution in [3.8, 4) is 0 Å². The largest absolute Gasteiger partial charge is 0.361 e. The Labute approximate surface area is 131 Å². The van der Waals surface area contributed by atoms with Gasteiger partial charge in [-0.15, -0.1) is 0 Å².